The summed E-state index contributed by atoms with van der Waals surface area (Å²) >= 11 is 0. The van der Waals surface area contributed by atoms with E-state index in [2.05, 4.69) is 58.9 Å². The largest absolute Gasteiger partial charge is 0.372 e. The second-order valence-electron chi connectivity index (χ2n) is 7.35. The van der Waals surface area contributed by atoms with Gasteiger partial charge in [-0.2, -0.15) is 0 Å². The van der Waals surface area contributed by atoms with Crippen LogP contribution >= 0.6 is 0 Å². The number of hydrogen-bond acceptors (Lipinski definition) is 2. The highest BCUT2D eigenvalue weighted by atomic mass is 16.5. The Kier molecular flexibility index (Phi) is 7.91. The SMILES string of the molecule is CCCCCCCCCOC(Cn1ccnc1)c1ccc2ccccc2c1. The zero-order valence-corrected chi connectivity index (χ0v) is 16.5. The van der Waals surface area contributed by atoms with Gasteiger partial charge < -0.3 is 9.30 Å². The summed E-state index contributed by atoms with van der Waals surface area (Å²) < 4.78 is 8.43. The Bertz CT molecular complexity index is 782. The van der Waals surface area contributed by atoms with Crippen LogP contribution in [0, 0.1) is 0 Å². The Morgan fingerprint density at radius 2 is 1.70 bits per heavy atom. The van der Waals surface area contributed by atoms with Crippen LogP contribution in [-0.4, -0.2) is 16.2 Å². The van der Waals surface area contributed by atoms with Crippen molar-refractivity contribution in [3.05, 3.63) is 66.7 Å². The first kappa shape index (κ1) is 19.6. The molecule has 1 aromatic heterocycles. The standard InChI is InChI=1S/C24H32N2O/c1-2-3-4-5-6-7-10-17-27-24(19-26-16-15-25-20-26)23-14-13-21-11-8-9-12-22(21)18-23/h8-9,11-16,18,20,24H,2-7,10,17,19H2,1H3. The first-order valence-electron chi connectivity index (χ1n) is 10.4. The van der Waals surface area contributed by atoms with Crippen LogP contribution in [0.15, 0.2) is 61.2 Å². The summed E-state index contributed by atoms with van der Waals surface area (Å²) in [5, 5.41) is 2.54. The van der Waals surface area contributed by atoms with Crippen LogP contribution in [0.5, 0.6) is 0 Å². The quantitative estimate of drug-likeness (QED) is 0.341. The van der Waals surface area contributed by atoms with Gasteiger partial charge in [0.05, 0.1) is 12.9 Å². The summed E-state index contributed by atoms with van der Waals surface area (Å²) in [7, 11) is 0. The molecule has 27 heavy (non-hydrogen) atoms. The maximum Gasteiger partial charge on any atom is 0.100 e. The Morgan fingerprint density at radius 1 is 0.926 bits per heavy atom. The normalized spacial score (nSPS) is 12.5. The van der Waals surface area contributed by atoms with E-state index in [-0.39, 0.29) is 6.10 Å². The molecule has 0 bridgehead atoms. The number of unbranched alkanes of at least 4 members (excludes halogenated alkanes) is 6. The number of hydrogen-bond donors (Lipinski definition) is 0. The van der Waals surface area contributed by atoms with Crippen molar-refractivity contribution in [1.29, 1.82) is 0 Å². The molecule has 144 valence electrons. The van der Waals surface area contributed by atoms with Gasteiger partial charge in [-0.3, -0.25) is 0 Å². The lowest BCUT2D eigenvalue weighted by atomic mass is 10.0. The number of aromatic nitrogens is 2. The molecule has 0 aliphatic carbocycles. The molecule has 1 atom stereocenters. The maximum absolute atomic E-state index is 6.33. The molecule has 0 aliphatic rings. The average Bonchev–Trinajstić information content (AvgIpc) is 3.22. The second kappa shape index (κ2) is 10.9. The average molecular weight is 365 g/mol. The molecular formula is C24H32N2O. The molecule has 0 spiro atoms. The van der Waals surface area contributed by atoms with Gasteiger partial charge >= 0.3 is 0 Å². The molecule has 0 fully saturated rings. The fraction of sp³-hybridized carbons (Fsp3) is 0.458. The molecule has 3 heteroatoms. The van der Waals surface area contributed by atoms with E-state index >= 15 is 0 Å². The topological polar surface area (TPSA) is 27.1 Å². The van der Waals surface area contributed by atoms with E-state index in [1.807, 2.05) is 18.7 Å². The van der Waals surface area contributed by atoms with Crippen molar-refractivity contribution in [2.45, 2.75) is 64.5 Å². The van der Waals surface area contributed by atoms with Crippen molar-refractivity contribution >= 4 is 10.8 Å². The van der Waals surface area contributed by atoms with Crippen LogP contribution in [0.25, 0.3) is 10.8 Å². The van der Waals surface area contributed by atoms with Gasteiger partial charge in [0.1, 0.15) is 6.10 Å². The van der Waals surface area contributed by atoms with Crippen molar-refractivity contribution in [1.82, 2.24) is 9.55 Å². The zero-order valence-electron chi connectivity index (χ0n) is 16.5. The molecule has 2 aromatic carbocycles. The van der Waals surface area contributed by atoms with Crippen molar-refractivity contribution in [2.75, 3.05) is 6.61 Å². The van der Waals surface area contributed by atoms with E-state index in [4.69, 9.17) is 4.74 Å². The number of nitrogens with zero attached hydrogens (tertiary/aromatic N) is 2. The fourth-order valence-electron chi connectivity index (χ4n) is 3.53. The van der Waals surface area contributed by atoms with Crippen molar-refractivity contribution < 1.29 is 4.74 Å². The third-order valence-electron chi connectivity index (χ3n) is 5.15. The molecule has 1 unspecified atom stereocenters. The van der Waals surface area contributed by atoms with Crippen LogP contribution in [0.3, 0.4) is 0 Å². The third kappa shape index (κ3) is 6.21. The minimum Gasteiger partial charge on any atom is -0.372 e. The molecular weight excluding hydrogens is 332 g/mol. The van der Waals surface area contributed by atoms with E-state index in [0.29, 0.717) is 0 Å². The molecule has 3 aromatic rings. The maximum atomic E-state index is 6.33. The lowest BCUT2D eigenvalue weighted by Gasteiger charge is -2.19. The van der Waals surface area contributed by atoms with E-state index < -0.39 is 0 Å². The molecule has 3 rings (SSSR count). The molecule has 3 nitrogen and oxygen atoms in total. The minimum absolute atomic E-state index is 0.0592. The van der Waals surface area contributed by atoms with E-state index in [1.54, 1.807) is 0 Å². The number of ether oxygens (including phenoxy) is 1. The summed E-state index contributed by atoms with van der Waals surface area (Å²) in [6, 6.07) is 15.2. The predicted molar refractivity (Wildman–Crippen MR) is 113 cm³/mol. The van der Waals surface area contributed by atoms with Gasteiger partial charge in [-0.1, -0.05) is 81.8 Å². The molecule has 1 heterocycles. The monoisotopic (exact) mass is 364 g/mol. The summed E-state index contributed by atoms with van der Waals surface area (Å²) in [6.45, 7) is 3.88. The highest BCUT2D eigenvalue weighted by Gasteiger charge is 2.13. The fourth-order valence-corrected chi connectivity index (χ4v) is 3.53. The van der Waals surface area contributed by atoms with E-state index in [1.165, 1.54) is 54.9 Å². The van der Waals surface area contributed by atoms with Gasteiger partial charge in [-0.25, -0.2) is 4.98 Å². The second-order valence-corrected chi connectivity index (χ2v) is 7.35. The Hall–Kier alpha value is -2.13. The van der Waals surface area contributed by atoms with E-state index in [9.17, 15) is 0 Å². The summed E-state index contributed by atoms with van der Waals surface area (Å²) in [5.41, 5.74) is 1.24. The number of fused-ring (bicyclic) bond motifs is 1. The van der Waals surface area contributed by atoms with Gasteiger partial charge in [0.2, 0.25) is 0 Å². The summed E-state index contributed by atoms with van der Waals surface area (Å²) in [4.78, 5) is 4.17. The first-order valence-corrected chi connectivity index (χ1v) is 10.4. The van der Waals surface area contributed by atoms with Crippen LogP contribution in [0.1, 0.15) is 63.5 Å². The highest BCUT2D eigenvalue weighted by Crippen LogP contribution is 2.25. The van der Waals surface area contributed by atoms with Crippen LogP contribution in [-0.2, 0) is 11.3 Å². The lowest BCUT2D eigenvalue weighted by molar-refractivity contribution is 0.0380. The first-order chi connectivity index (χ1) is 13.4. The molecule has 0 amide bonds. The zero-order chi connectivity index (χ0) is 18.7. The van der Waals surface area contributed by atoms with Gasteiger partial charge in [0.25, 0.3) is 0 Å². The lowest BCUT2D eigenvalue weighted by Crippen LogP contribution is -2.13. The van der Waals surface area contributed by atoms with Crippen LogP contribution in [0.4, 0.5) is 0 Å². The smallest absolute Gasteiger partial charge is 0.100 e. The molecule has 0 radical (unpaired) electrons. The summed E-state index contributed by atoms with van der Waals surface area (Å²) in [5.74, 6) is 0. The van der Waals surface area contributed by atoms with Gasteiger partial charge in [0, 0.05) is 19.0 Å². The number of rotatable bonds is 12. The van der Waals surface area contributed by atoms with Gasteiger partial charge in [-0.15, -0.1) is 0 Å². The summed E-state index contributed by atoms with van der Waals surface area (Å²) in [6.07, 6.45) is 14.9. The predicted octanol–water partition coefficient (Wildman–Crippen LogP) is 6.54. The number of imidazole rings is 1. The minimum atomic E-state index is 0.0592. The van der Waals surface area contributed by atoms with Crippen molar-refractivity contribution in [2.24, 2.45) is 0 Å². The van der Waals surface area contributed by atoms with Crippen LogP contribution < -0.4 is 0 Å². The van der Waals surface area contributed by atoms with Gasteiger partial charge in [-0.05, 0) is 28.8 Å². The Morgan fingerprint density at radius 3 is 2.48 bits per heavy atom. The Balaban J connectivity index is 1.57. The van der Waals surface area contributed by atoms with Crippen molar-refractivity contribution in [3.63, 3.8) is 0 Å². The Labute approximate surface area is 163 Å². The van der Waals surface area contributed by atoms with E-state index in [0.717, 1.165) is 19.6 Å². The van der Waals surface area contributed by atoms with Crippen LogP contribution in [0.2, 0.25) is 0 Å². The highest BCUT2D eigenvalue weighted by molar-refractivity contribution is 5.83. The molecule has 0 saturated carbocycles. The molecule has 0 saturated heterocycles. The molecule has 0 N–H and O–H groups in total. The number of benzene rings is 2. The third-order valence-corrected chi connectivity index (χ3v) is 5.15. The molecule has 0 aliphatic heterocycles. The van der Waals surface area contributed by atoms with Crippen molar-refractivity contribution in [3.8, 4) is 0 Å². The van der Waals surface area contributed by atoms with Gasteiger partial charge in [0.15, 0.2) is 0 Å².